The Morgan fingerprint density at radius 3 is 2.40 bits per heavy atom. The summed E-state index contributed by atoms with van der Waals surface area (Å²) in [6, 6.07) is -0.208. The topological polar surface area (TPSA) is 101 Å². The molecule has 1 rings (SSSR count). The minimum absolute atomic E-state index is 0.0702. The second kappa shape index (κ2) is 4.07. The van der Waals surface area contributed by atoms with Crippen molar-refractivity contribution in [3.05, 3.63) is 0 Å². The van der Waals surface area contributed by atoms with Crippen molar-refractivity contribution < 1.29 is 18.3 Å². The SMILES string of the molecule is CC1CN(S(=O)(=O)C(C)C(=O)O)CC1N. The summed E-state index contributed by atoms with van der Waals surface area (Å²) in [6.07, 6.45) is 0. The molecule has 6 nitrogen and oxygen atoms in total. The minimum atomic E-state index is -3.75. The van der Waals surface area contributed by atoms with Gasteiger partial charge in [0.25, 0.3) is 0 Å². The first-order valence-corrected chi connectivity index (χ1v) is 6.24. The highest BCUT2D eigenvalue weighted by molar-refractivity contribution is 7.90. The van der Waals surface area contributed by atoms with Gasteiger partial charge in [-0.05, 0) is 12.8 Å². The molecule has 1 aliphatic rings. The first-order chi connectivity index (χ1) is 6.76. The van der Waals surface area contributed by atoms with Crippen LogP contribution in [0.15, 0.2) is 0 Å². The highest BCUT2D eigenvalue weighted by atomic mass is 32.2. The zero-order valence-electron chi connectivity index (χ0n) is 8.75. The Hall–Kier alpha value is -0.660. The number of aliphatic carboxylic acids is 1. The first kappa shape index (κ1) is 12.4. The third-order valence-corrected chi connectivity index (χ3v) is 4.90. The smallest absolute Gasteiger partial charge is 0.323 e. The average Bonchev–Trinajstić information content (AvgIpc) is 2.46. The highest BCUT2D eigenvalue weighted by Gasteiger charge is 2.39. The standard InChI is InChI=1S/C8H16N2O4S/c1-5-3-10(4-7(5)9)15(13,14)6(2)8(11)12/h5-7H,3-4,9H2,1-2H3,(H,11,12). The number of rotatable bonds is 3. The number of carboxylic acid groups (broad SMARTS) is 1. The number of nitrogens with two attached hydrogens (primary N) is 1. The van der Waals surface area contributed by atoms with E-state index in [1.165, 1.54) is 11.2 Å². The lowest BCUT2D eigenvalue weighted by Gasteiger charge is -2.18. The molecule has 0 saturated carbocycles. The van der Waals surface area contributed by atoms with Crippen molar-refractivity contribution in [1.29, 1.82) is 0 Å². The molecule has 0 aromatic rings. The molecule has 1 fully saturated rings. The van der Waals surface area contributed by atoms with Crippen LogP contribution >= 0.6 is 0 Å². The molecule has 0 aromatic carbocycles. The van der Waals surface area contributed by atoms with Crippen LogP contribution < -0.4 is 5.73 Å². The van der Waals surface area contributed by atoms with E-state index in [0.717, 1.165) is 0 Å². The summed E-state index contributed by atoms with van der Waals surface area (Å²) >= 11 is 0. The second-order valence-electron chi connectivity index (χ2n) is 3.98. The van der Waals surface area contributed by atoms with Gasteiger partial charge in [0.15, 0.2) is 5.25 Å². The van der Waals surface area contributed by atoms with Crippen LogP contribution in [-0.2, 0) is 14.8 Å². The van der Waals surface area contributed by atoms with Crippen molar-refractivity contribution in [3.8, 4) is 0 Å². The maximum absolute atomic E-state index is 11.8. The van der Waals surface area contributed by atoms with E-state index < -0.39 is 21.2 Å². The molecule has 0 aromatic heterocycles. The lowest BCUT2D eigenvalue weighted by molar-refractivity contribution is -0.136. The van der Waals surface area contributed by atoms with Crippen LogP contribution in [0.25, 0.3) is 0 Å². The van der Waals surface area contributed by atoms with Crippen LogP contribution in [0.4, 0.5) is 0 Å². The largest absolute Gasteiger partial charge is 0.480 e. The zero-order valence-corrected chi connectivity index (χ0v) is 9.57. The van der Waals surface area contributed by atoms with Gasteiger partial charge in [-0.15, -0.1) is 0 Å². The van der Waals surface area contributed by atoms with Crippen LogP contribution in [0.2, 0.25) is 0 Å². The molecule has 3 atom stereocenters. The molecule has 0 bridgehead atoms. The van der Waals surface area contributed by atoms with Gasteiger partial charge in [0, 0.05) is 19.1 Å². The number of sulfonamides is 1. The first-order valence-electron chi connectivity index (χ1n) is 4.74. The minimum Gasteiger partial charge on any atom is -0.480 e. The molecular formula is C8H16N2O4S. The van der Waals surface area contributed by atoms with E-state index in [-0.39, 0.29) is 18.5 Å². The third-order valence-electron chi connectivity index (χ3n) is 2.79. The second-order valence-corrected chi connectivity index (χ2v) is 6.24. The summed E-state index contributed by atoms with van der Waals surface area (Å²) in [6.45, 7) is 3.54. The Morgan fingerprint density at radius 2 is 2.07 bits per heavy atom. The fraction of sp³-hybridized carbons (Fsp3) is 0.875. The number of carbonyl (C=O) groups is 1. The molecule has 1 heterocycles. The molecule has 1 saturated heterocycles. The van der Waals surface area contributed by atoms with E-state index in [9.17, 15) is 13.2 Å². The van der Waals surface area contributed by atoms with E-state index in [4.69, 9.17) is 10.8 Å². The summed E-state index contributed by atoms with van der Waals surface area (Å²) < 4.78 is 24.7. The normalized spacial score (nSPS) is 30.3. The van der Waals surface area contributed by atoms with Gasteiger partial charge in [0.05, 0.1) is 0 Å². The number of hydrogen-bond acceptors (Lipinski definition) is 4. The number of hydrogen-bond donors (Lipinski definition) is 2. The van der Waals surface area contributed by atoms with E-state index in [1.54, 1.807) is 0 Å². The molecule has 88 valence electrons. The lowest BCUT2D eigenvalue weighted by Crippen LogP contribution is -2.41. The van der Waals surface area contributed by atoms with Gasteiger partial charge >= 0.3 is 5.97 Å². The molecule has 0 spiro atoms. The van der Waals surface area contributed by atoms with Crippen LogP contribution in [0, 0.1) is 5.92 Å². The van der Waals surface area contributed by atoms with Gasteiger partial charge in [-0.1, -0.05) is 6.92 Å². The van der Waals surface area contributed by atoms with Gasteiger partial charge in [-0.25, -0.2) is 8.42 Å². The van der Waals surface area contributed by atoms with Crippen molar-refractivity contribution in [1.82, 2.24) is 4.31 Å². The maximum Gasteiger partial charge on any atom is 0.323 e. The highest BCUT2D eigenvalue weighted by Crippen LogP contribution is 2.20. The summed E-state index contributed by atoms with van der Waals surface area (Å²) in [5.41, 5.74) is 5.69. The van der Waals surface area contributed by atoms with E-state index >= 15 is 0 Å². The molecule has 3 unspecified atom stereocenters. The zero-order chi connectivity index (χ0) is 11.8. The van der Waals surface area contributed by atoms with Gasteiger partial charge in [-0.3, -0.25) is 4.79 Å². The Balaban J connectivity index is 2.85. The Kier molecular flexibility index (Phi) is 3.37. The Morgan fingerprint density at radius 1 is 1.53 bits per heavy atom. The van der Waals surface area contributed by atoms with Gasteiger partial charge in [0.1, 0.15) is 0 Å². The quantitative estimate of drug-likeness (QED) is 0.659. The lowest BCUT2D eigenvalue weighted by atomic mass is 10.1. The molecule has 3 N–H and O–H groups in total. The fourth-order valence-corrected chi connectivity index (χ4v) is 3.03. The van der Waals surface area contributed by atoms with Crippen molar-refractivity contribution in [2.24, 2.45) is 11.7 Å². The summed E-state index contributed by atoms with van der Waals surface area (Å²) in [7, 11) is -3.75. The predicted molar refractivity (Wildman–Crippen MR) is 54.7 cm³/mol. The van der Waals surface area contributed by atoms with E-state index in [1.807, 2.05) is 6.92 Å². The Bertz CT molecular complexity index is 344. The molecule has 1 aliphatic heterocycles. The summed E-state index contributed by atoms with van der Waals surface area (Å²) in [4.78, 5) is 10.6. The van der Waals surface area contributed by atoms with Gasteiger partial charge in [0.2, 0.25) is 10.0 Å². The van der Waals surface area contributed by atoms with Gasteiger partial charge < -0.3 is 10.8 Å². The van der Waals surface area contributed by atoms with Crippen molar-refractivity contribution in [2.75, 3.05) is 13.1 Å². The summed E-state index contributed by atoms with van der Waals surface area (Å²) in [5, 5.41) is 7.27. The summed E-state index contributed by atoms with van der Waals surface area (Å²) in [5.74, 6) is -1.26. The van der Waals surface area contributed by atoms with Crippen molar-refractivity contribution in [2.45, 2.75) is 25.1 Å². The number of carboxylic acids is 1. The predicted octanol–water partition coefficient (Wildman–Crippen LogP) is -0.932. The molecule has 7 heteroatoms. The maximum atomic E-state index is 11.8. The van der Waals surface area contributed by atoms with Crippen molar-refractivity contribution in [3.63, 3.8) is 0 Å². The average molecular weight is 236 g/mol. The number of nitrogens with zero attached hydrogens (tertiary/aromatic N) is 1. The Labute approximate surface area is 89.1 Å². The monoisotopic (exact) mass is 236 g/mol. The van der Waals surface area contributed by atoms with E-state index in [2.05, 4.69) is 0 Å². The molecule has 0 amide bonds. The third kappa shape index (κ3) is 2.30. The fourth-order valence-electron chi connectivity index (χ4n) is 1.51. The van der Waals surface area contributed by atoms with Crippen LogP contribution in [0.3, 0.4) is 0 Å². The molecule has 15 heavy (non-hydrogen) atoms. The molecular weight excluding hydrogens is 220 g/mol. The molecule has 0 radical (unpaired) electrons. The van der Waals surface area contributed by atoms with E-state index in [0.29, 0.717) is 6.54 Å². The van der Waals surface area contributed by atoms with Crippen molar-refractivity contribution >= 4 is 16.0 Å². The van der Waals surface area contributed by atoms with Gasteiger partial charge in [-0.2, -0.15) is 4.31 Å². The van der Waals surface area contributed by atoms with Crippen LogP contribution in [0.5, 0.6) is 0 Å². The van der Waals surface area contributed by atoms with Crippen LogP contribution in [-0.4, -0.2) is 48.2 Å². The molecule has 0 aliphatic carbocycles. The van der Waals surface area contributed by atoms with Crippen LogP contribution in [0.1, 0.15) is 13.8 Å².